The molecule has 0 radical (unpaired) electrons. The number of aliphatic imine (C=N–C) groups is 1. The van der Waals surface area contributed by atoms with E-state index < -0.39 is 0 Å². The van der Waals surface area contributed by atoms with Crippen molar-refractivity contribution in [2.45, 2.75) is 6.92 Å². The second kappa shape index (κ2) is 5.10. The summed E-state index contributed by atoms with van der Waals surface area (Å²) in [6.45, 7) is 1.91. The molecule has 0 aliphatic heterocycles. The van der Waals surface area contributed by atoms with Crippen LogP contribution in [0.1, 0.15) is 11.3 Å². The molecule has 1 aromatic heterocycles. The van der Waals surface area contributed by atoms with Crippen LogP contribution in [0.15, 0.2) is 45.9 Å². The molecule has 0 saturated heterocycles. The SMILES string of the molecule is Cc1cccc(N=Cc2cc(Br)ccc2O)n1. The van der Waals surface area contributed by atoms with Gasteiger partial charge in [0.2, 0.25) is 0 Å². The smallest absolute Gasteiger partial charge is 0.152 e. The zero-order valence-corrected chi connectivity index (χ0v) is 10.8. The summed E-state index contributed by atoms with van der Waals surface area (Å²) < 4.78 is 0.897. The molecule has 2 rings (SSSR count). The van der Waals surface area contributed by atoms with Crippen LogP contribution in [-0.4, -0.2) is 16.3 Å². The van der Waals surface area contributed by atoms with Crippen molar-refractivity contribution < 1.29 is 5.11 Å². The highest BCUT2D eigenvalue weighted by Gasteiger charge is 1.98. The first-order valence-electron chi connectivity index (χ1n) is 5.11. The van der Waals surface area contributed by atoms with Gasteiger partial charge < -0.3 is 5.11 Å². The lowest BCUT2D eigenvalue weighted by Crippen LogP contribution is -1.84. The quantitative estimate of drug-likeness (QED) is 0.859. The summed E-state index contributed by atoms with van der Waals surface area (Å²) in [6.07, 6.45) is 1.60. The summed E-state index contributed by atoms with van der Waals surface area (Å²) in [6, 6.07) is 10.8. The third-order valence-electron chi connectivity index (χ3n) is 2.20. The molecule has 1 heterocycles. The molecule has 17 heavy (non-hydrogen) atoms. The predicted molar refractivity (Wildman–Crippen MR) is 72.0 cm³/mol. The summed E-state index contributed by atoms with van der Waals surface area (Å²) >= 11 is 3.35. The van der Waals surface area contributed by atoms with Crippen LogP contribution in [0.3, 0.4) is 0 Å². The van der Waals surface area contributed by atoms with Crippen LogP contribution >= 0.6 is 15.9 Å². The first-order chi connectivity index (χ1) is 8.15. The molecule has 0 spiro atoms. The number of halogens is 1. The molecule has 0 aliphatic carbocycles. The molecule has 2 aromatic rings. The largest absolute Gasteiger partial charge is 0.507 e. The normalized spacial score (nSPS) is 10.9. The first-order valence-corrected chi connectivity index (χ1v) is 5.91. The average Bonchev–Trinajstić information content (AvgIpc) is 2.30. The van der Waals surface area contributed by atoms with Gasteiger partial charge in [-0.05, 0) is 37.3 Å². The zero-order chi connectivity index (χ0) is 12.3. The Morgan fingerprint density at radius 1 is 1.29 bits per heavy atom. The van der Waals surface area contributed by atoms with Gasteiger partial charge in [-0.25, -0.2) is 9.98 Å². The molecule has 0 atom stereocenters. The third kappa shape index (κ3) is 3.14. The van der Waals surface area contributed by atoms with Crippen LogP contribution in [0.5, 0.6) is 5.75 Å². The number of benzene rings is 1. The van der Waals surface area contributed by atoms with Gasteiger partial charge in [-0.1, -0.05) is 22.0 Å². The highest BCUT2D eigenvalue weighted by molar-refractivity contribution is 9.10. The number of phenolic OH excluding ortho intramolecular Hbond substituents is 1. The van der Waals surface area contributed by atoms with Crippen LogP contribution in [0, 0.1) is 6.92 Å². The van der Waals surface area contributed by atoms with Gasteiger partial charge in [-0.15, -0.1) is 0 Å². The second-order valence-electron chi connectivity index (χ2n) is 3.60. The fraction of sp³-hybridized carbons (Fsp3) is 0.0769. The Morgan fingerprint density at radius 3 is 2.88 bits per heavy atom. The van der Waals surface area contributed by atoms with Crippen molar-refractivity contribution in [3.05, 3.63) is 52.1 Å². The maximum absolute atomic E-state index is 9.64. The van der Waals surface area contributed by atoms with Crippen molar-refractivity contribution in [3.8, 4) is 5.75 Å². The monoisotopic (exact) mass is 290 g/mol. The lowest BCUT2D eigenvalue weighted by Gasteiger charge is -1.99. The van der Waals surface area contributed by atoms with E-state index in [1.54, 1.807) is 24.4 Å². The fourth-order valence-electron chi connectivity index (χ4n) is 1.37. The van der Waals surface area contributed by atoms with E-state index in [2.05, 4.69) is 25.9 Å². The number of nitrogens with zero attached hydrogens (tertiary/aromatic N) is 2. The van der Waals surface area contributed by atoms with Gasteiger partial charge >= 0.3 is 0 Å². The molecule has 0 aliphatic rings. The van der Waals surface area contributed by atoms with Crippen molar-refractivity contribution in [2.75, 3.05) is 0 Å². The average molecular weight is 291 g/mol. The molecular weight excluding hydrogens is 280 g/mol. The maximum Gasteiger partial charge on any atom is 0.152 e. The number of hydrogen-bond donors (Lipinski definition) is 1. The molecule has 3 nitrogen and oxygen atoms in total. The number of aryl methyl sites for hydroxylation is 1. The molecule has 1 N–H and O–H groups in total. The van der Waals surface area contributed by atoms with E-state index in [0.29, 0.717) is 11.4 Å². The topological polar surface area (TPSA) is 45.5 Å². The van der Waals surface area contributed by atoms with Gasteiger partial charge in [-0.2, -0.15) is 0 Å². The molecule has 4 heteroatoms. The molecule has 0 saturated carbocycles. The van der Waals surface area contributed by atoms with E-state index in [1.165, 1.54) is 0 Å². The minimum Gasteiger partial charge on any atom is -0.507 e. The second-order valence-corrected chi connectivity index (χ2v) is 4.51. The van der Waals surface area contributed by atoms with E-state index in [9.17, 15) is 5.11 Å². The van der Waals surface area contributed by atoms with Crippen molar-refractivity contribution >= 4 is 28.0 Å². The summed E-state index contributed by atoms with van der Waals surface area (Å²) in [5.74, 6) is 0.828. The Morgan fingerprint density at radius 2 is 2.12 bits per heavy atom. The highest BCUT2D eigenvalue weighted by Crippen LogP contribution is 2.20. The van der Waals surface area contributed by atoms with Crippen LogP contribution in [0.25, 0.3) is 0 Å². The van der Waals surface area contributed by atoms with Crippen molar-refractivity contribution in [1.29, 1.82) is 0 Å². The maximum atomic E-state index is 9.64. The minimum absolute atomic E-state index is 0.199. The third-order valence-corrected chi connectivity index (χ3v) is 2.69. The van der Waals surface area contributed by atoms with Gasteiger partial charge in [0.25, 0.3) is 0 Å². The van der Waals surface area contributed by atoms with E-state index in [1.807, 2.05) is 25.1 Å². The van der Waals surface area contributed by atoms with Crippen molar-refractivity contribution in [2.24, 2.45) is 4.99 Å². The predicted octanol–water partition coefficient (Wildman–Crippen LogP) is 3.61. The van der Waals surface area contributed by atoms with E-state index >= 15 is 0 Å². The summed E-state index contributed by atoms with van der Waals surface area (Å²) in [5, 5.41) is 9.64. The Bertz CT molecular complexity index is 567. The molecule has 0 unspecified atom stereocenters. The Hall–Kier alpha value is -1.68. The number of hydrogen-bond acceptors (Lipinski definition) is 3. The molecule has 86 valence electrons. The van der Waals surface area contributed by atoms with Crippen molar-refractivity contribution in [3.63, 3.8) is 0 Å². The zero-order valence-electron chi connectivity index (χ0n) is 9.26. The summed E-state index contributed by atoms with van der Waals surface area (Å²) in [7, 11) is 0. The van der Waals surface area contributed by atoms with Gasteiger partial charge in [0.05, 0.1) is 0 Å². The van der Waals surface area contributed by atoms with Crippen LogP contribution < -0.4 is 0 Å². The Balaban J connectivity index is 2.29. The number of aromatic nitrogens is 1. The molecule has 0 amide bonds. The molecular formula is C13H11BrN2O. The van der Waals surface area contributed by atoms with Gasteiger partial charge in [-0.3, -0.25) is 0 Å². The van der Waals surface area contributed by atoms with Crippen molar-refractivity contribution in [1.82, 2.24) is 4.98 Å². The number of rotatable bonds is 2. The van der Waals surface area contributed by atoms with Crippen LogP contribution in [-0.2, 0) is 0 Å². The lowest BCUT2D eigenvalue weighted by molar-refractivity contribution is 0.474. The summed E-state index contributed by atoms with van der Waals surface area (Å²) in [5.41, 5.74) is 1.57. The molecule has 1 aromatic carbocycles. The highest BCUT2D eigenvalue weighted by atomic mass is 79.9. The molecule has 0 fully saturated rings. The van der Waals surface area contributed by atoms with E-state index in [0.717, 1.165) is 10.2 Å². The summed E-state index contributed by atoms with van der Waals surface area (Å²) in [4.78, 5) is 8.47. The number of phenols is 1. The molecule has 0 bridgehead atoms. The van der Waals surface area contributed by atoms with Crippen LogP contribution in [0.4, 0.5) is 5.82 Å². The number of pyridine rings is 1. The van der Waals surface area contributed by atoms with E-state index in [-0.39, 0.29) is 5.75 Å². The number of aromatic hydroxyl groups is 1. The first kappa shape index (κ1) is 11.8. The Labute approximate surface area is 108 Å². The van der Waals surface area contributed by atoms with Crippen LogP contribution in [0.2, 0.25) is 0 Å². The minimum atomic E-state index is 0.199. The van der Waals surface area contributed by atoms with Gasteiger partial charge in [0.1, 0.15) is 5.75 Å². The lowest BCUT2D eigenvalue weighted by atomic mass is 10.2. The Kier molecular flexibility index (Phi) is 3.54. The van der Waals surface area contributed by atoms with Gasteiger partial charge in [0, 0.05) is 21.9 Å². The van der Waals surface area contributed by atoms with E-state index in [4.69, 9.17) is 0 Å². The standard InChI is InChI=1S/C13H11BrN2O/c1-9-3-2-4-13(16-9)15-8-10-7-11(14)5-6-12(10)17/h2-8,17H,1H3. The van der Waals surface area contributed by atoms with Gasteiger partial charge in [0.15, 0.2) is 5.82 Å². The fourth-order valence-corrected chi connectivity index (χ4v) is 1.74.